The van der Waals surface area contributed by atoms with Crippen LogP contribution in [-0.2, 0) is 37.3 Å². The number of aromatic nitrogens is 2. The number of benzene rings is 2. The Morgan fingerprint density at radius 3 is 2.19 bits per heavy atom. The molecule has 0 aliphatic carbocycles. The fraction of sp³-hybridized carbons (Fsp3) is 0.424. The zero-order valence-electron chi connectivity index (χ0n) is 27.2. The number of aromatic hydroxyl groups is 1. The van der Waals surface area contributed by atoms with Gasteiger partial charge in [-0.2, -0.15) is 5.10 Å². The number of aliphatic hydroxyl groups is 1. The van der Waals surface area contributed by atoms with Gasteiger partial charge in [0.2, 0.25) is 12.7 Å². The topological polar surface area (TPSA) is 178 Å². The number of alkyl carbamates (subject to hydrolysis) is 1. The quantitative estimate of drug-likeness (QED) is 0.152. The molecule has 47 heavy (non-hydrogen) atoms. The highest BCUT2D eigenvalue weighted by Crippen LogP contribution is 2.24. The molecule has 0 aliphatic heterocycles. The third-order valence-electron chi connectivity index (χ3n) is 6.79. The summed E-state index contributed by atoms with van der Waals surface area (Å²) in [4.78, 5) is 50.4. The second-order valence-electron chi connectivity index (χ2n) is 12.3. The maximum absolute atomic E-state index is 12.9. The third-order valence-corrected chi connectivity index (χ3v) is 7.03. The molecule has 2 aromatic carbocycles. The first-order chi connectivity index (χ1) is 22.0. The van der Waals surface area contributed by atoms with Crippen LogP contribution >= 0.6 is 11.6 Å². The molecular weight excluding hydrogens is 632 g/mol. The summed E-state index contributed by atoms with van der Waals surface area (Å²) in [6.45, 7) is 7.59. The average Bonchev–Trinajstić information content (AvgIpc) is 3.32. The summed E-state index contributed by atoms with van der Waals surface area (Å²) in [7, 11) is 1.47. The molecule has 14 heteroatoms. The van der Waals surface area contributed by atoms with E-state index in [1.165, 1.54) is 13.1 Å². The van der Waals surface area contributed by atoms with Crippen LogP contribution in [0.15, 0.2) is 54.6 Å². The van der Waals surface area contributed by atoms with Gasteiger partial charge in [-0.05, 0) is 61.9 Å². The lowest BCUT2D eigenvalue weighted by molar-refractivity contribution is -0.175. The first-order valence-electron chi connectivity index (χ1n) is 14.9. The number of hydrogen-bond donors (Lipinski definition) is 4. The maximum atomic E-state index is 12.9. The Bertz CT molecular complexity index is 1530. The average molecular weight is 673 g/mol. The molecule has 0 saturated carbocycles. The first kappa shape index (κ1) is 36.8. The largest absolute Gasteiger partial charge is 0.493 e. The van der Waals surface area contributed by atoms with E-state index in [-0.39, 0.29) is 30.3 Å². The van der Waals surface area contributed by atoms with Crippen molar-refractivity contribution in [2.45, 2.75) is 71.2 Å². The van der Waals surface area contributed by atoms with E-state index < -0.39 is 54.5 Å². The summed E-state index contributed by atoms with van der Waals surface area (Å²) < 4.78 is 16.3. The number of halogens is 1. The van der Waals surface area contributed by atoms with E-state index in [1.54, 1.807) is 40.7 Å². The second-order valence-corrected chi connectivity index (χ2v) is 12.7. The minimum absolute atomic E-state index is 0.0602. The van der Waals surface area contributed by atoms with Gasteiger partial charge in [0.05, 0.1) is 0 Å². The van der Waals surface area contributed by atoms with Gasteiger partial charge >= 0.3 is 18.0 Å². The Kier molecular flexibility index (Phi) is 12.8. The summed E-state index contributed by atoms with van der Waals surface area (Å²) in [6, 6.07) is 14.2. The summed E-state index contributed by atoms with van der Waals surface area (Å²) in [5, 5.41) is 30.3. The number of nitrogens with zero attached hydrogens (tertiary/aromatic N) is 2. The van der Waals surface area contributed by atoms with Crippen molar-refractivity contribution in [1.82, 2.24) is 20.4 Å². The van der Waals surface area contributed by atoms with Gasteiger partial charge in [0.25, 0.3) is 5.91 Å². The van der Waals surface area contributed by atoms with Crippen molar-refractivity contribution in [2.24, 2.45) is 13.0 Å². The van der Waals surface area contributed by atoms with Crippen molar-refractivity contribution in [1.29, 1.82) is 0 Å². The Hall–Kier alpha value is -4.62. The molecule has 13 nitrogen and oxygen atoms in total. The second kappa shape index (κ2) is 16.3. The molecular formula is C33H41ClN4O9. The predicted octanol–water partition coefficient (Wildman–Crippen LogP) is 4.13. The smallest absolute Gasteiger partial charge is 0.408 e. The van der Waals surface area contributed by atoms with Crippen molar-refractivity contribution in [3.63, 3.8) is 0 Å². The zero-order chi connectivity index (χ0) is 34.9. The van der Waals surface area contributed by atoms with E-state index in [1.807, 2.05) is 42.5 Å². The lowest BCUT2D eigenvalue weighted by Gasteiger charge is -2.24. The summed E-state index contributed by atoms with van der Waals surface area (Å²) >= 11 is 6.12. The van der Waals surface area contributed by atoms with Crippen LogP contribution in [0.2, 0.25) is 5.02 Å². The van der Waals surface area contributed by atoms with Gasteiger partial charge in [0.1, 0.15) is 11.6 Å². The number of rotatable bonds is 13. The number of ether oxygens (including phenoxy) is 3. The summed E-state index contributed by atoms with van der Waals surface area (Å²) in [5.74, 6) is -3.18. The van der Waals surface area contributed by atoms with Crippen LogP contribution in [-0.4, -0.2) is 74.5 Å². The Balaban J connectivity index is 1.64. The number of aryl methyl sites for hydroxylation is 1. The number of carbonyl (C=O) groups is 4. The Labute approximate surface area is 278 Å². The Morgan fingerprint density at radius 1 is 0.957 bits per heavy atom. The molecule has 3 atom stereocenters. The SMILES string of the molecule is CC(C)[C@H](NC(=O)OC(C)(C)C)C(=O)OCOC(=O)[C@H](O)C[C@@H](Cc1ccc(-c2cccc(Cl)c2)cc1)NC(=O)c1cc(O)n(C)n1. The molecule has 0 aliphatic rings. The van der Waals surface area contributed by atoms with Gasteiger partial charge in [0, 0.05) is 30.6 Å². The summed E-state index contributed by atoms with van der Waals surface area (Å²) in [6.07, 6.45) is -2.56. The van der Waals surface area contributed by atoms with Gasteiger partial charge in [-0.3, -0.25) is 4.79 Å². The number of nitrogens with one attached hydrogen (secondary N) is 2. The number of amides is 2. The standard InChI is InChI=1S/C33H41ClN4O9/c1-19(2)28(36-32(44)47-33(3,4)5)31(43)46-18-45-30(42)26(39)16-24(35-29(41)25-17-27(40)38(6)37-25)14-20-10-12-21(13-11-20)22-8-7-9-23(34)15-22/h7-13,15,17,19,24,26,28,39-40H,14,16,18H2,1-6H3,(H,35,41)(H,36,44)/t24-,26-,28+/m1/s1. The van der Waals surface area contributed by atoms with E-state index in [4.69, 9.17) is 25.8 Å². The minimum Gasteiger partial charge on any atom is -0.493 e. The van der Waals surface area contributed by atoms with Crippen LogP contribution in [0, 0.1) is 5.92 Å². The fourth-order valence-electron chi connectivity index (χ4n) is 4.44. The van der Waals surface area contributed by atoms with Gasteiger partial charge in [-0.15, -0.1) is 0 Å². The molecule has 254 valence electrons. The van der Waals surface area contributed by atoms with Crippen LogP contribution < -0.4 is 10.6 Å². The zero-order valence-corrected chi connectivity index (χ0v) is 27.9. The molecule has 4 N–H and O–H groups in total. The van der Waals surface area contributed by atoms with E-state index in [9.17, 15) is 29.4 Å². The highest BCUT2D eigenvalue weighted by Gasteiger charge is 2.29. The van der Waals surface area contributed by atoms with E-state index >= 15 is 0 Å². The van der Waals surface area contributed by atoms with Crippen molar-refractivity contribution in [3.05, 3.63) is 70.9 Å². The molecule has 0 radical (unpaired) electrons. The highest BCUT2D eigenvalue weighted by molar-refractivity contribution is 6.30. The Morgan fingerprint density at radius 2 is 1.62 bits per heavy atom. The third kappa shape index (κ3) is 11.6. The molecule has 0 saturated heterocycles. The van der Waals surface area contributed by atoms with Gasteiger partial charge in [-0.1, -0.05) is 61.8 Å². The van der Waals surface area contributed by atoms with Crippen LogP contribution in [0.1, 0.15) is 57.1 Å². The lowest BCUT2D eigenvalue weighted by Crippen LogP contribution is -2.47. The number of esters is 2. The van der Waals surface area contributed by atoms with E-state index in [0.717, 1.165) is 21.4 Å². The number of aliphatic hydroxyl groups excluding tert-OH is 1. The molecule has 0 unspecified atom stereocenters. The number of carbonyl (C=O) groups excluding carboxylic acids is 4. The van der Waals surface area contributed by atoms with Gasteiger partial charge < -0.3 is 35.1 Å². The first-order valence-corrected chi connectivity index (χ1v) is 15.3. The van der Waals surface area contributed by atoms with Gasteiger partial charge in [-0.25, -0.2) is 19.1 Å². The van der Waals surface area contributed by atoms with Crippen molar-refractivity contribution in [2.75, 3.05) is 6.79 Å². The van der Waals surface area contributed by atoms with E-state index in [0.29, 0.717) is 5.02 Å². The molecule has 1 heterocycles. The van der Waals surface area contributed by atoms with Crippen molar-refractivity contribution in [3.8, 4) is 17.0 Å². The predicted molar refractivity (Wildman–Crippen MR) is 172 cm³/mol. The molecule has 0 spiro atoms. The molecule has 3 aromatic rings. The van der Waals surface area contributed by atoms with Crippen LogP contribution in [0.5, 0.6) is 5.88 Å². The van der Waals surface area contributed by atoms with E-state index in [2.05, 4.69) is 15.7 Å². The monoisotopic (exact) mass is 672 g/mol. The summed E-state index contributed by atoms with van der Waals surface area (Å²) in [5.41, 5.74) is 1.79. The molecule has 0 fully saturated rings. The molecule has 2 amide bonds. The lowest BCUT2D eigenvalue weighted by atomic mass is 9.97. The normalized spacial score (nSPS) is 13.3. The molecule has 0 bridgehead atoms. The molecule has 1 aromatic heterocycles. The maximum Gasteiger partial charge on any atom is 0.408 e. The molecule has 3 rings (SSSR count). The van der Waals surface area contributed by atoms with Crippen molar-refractivity contribution >= 4 is 35.5 Å². The van der Waals surface area contributed by atoms with Crippen molar-refractivity contribution < 1.29 is 43.6 Å². The van der Waals surface area contributed by atoms with Crippen LogP contribution in [0.3, 0.4) is 0 Å². The highest BCUT2D eigenvalue weighted by atomic mass is 35.5. The van der Waals surface area contributed by atoms with Crippen LogP contribution in [0.25, 0.3) is 11.1 Å². The minimum atomic E-state index is -1.71. The van der Waals surface area contributed by atoms with Crippen LogP contribution in [0.4, 0.5) is 4.79 Å². The fourth-order valence-corrected chi connectivity index (χ4v) is 4.63. The van der Waals surface area contributed by atoms with Gasteiger partial charge in [0.15, 0.2) is 11.8 Å². The number of hydrogen-bond acceptors (Lipinski definition) is 10.